The van der Waals surface area contributed by atoms with E-state index in [2.05, 4.69) is 26.7 Å². The van der Waals surface area contributed by atoms with Gasteiger partial charge in [-0.1, -0.05) is 11.8 Å². The van der Waals surface area contributed by atoms with Crippen LogP contribution >= 0.6 is 11.8 Å². The van der Waals surface area contributed by atoms with Crippen LogP contribution in [0.3, 0.4) is 0 Å². The maximum atomic E-state index is 5.50. The van der Waals surface area contributed by atoms with Gasteiger partial charge in [-0.05, 0) is 39.5 Å². The minimum Gasteiger partial charge on any atom is -0.496 e. The fraction of sp³-hybridized carbons (Fsp3) is 0.588. The summed E-state index contributed by atoms with van der Waals surface area (Å²) in [6, 6.07) is 0.629. The average Bonchev–Trinajstić information content (AvgIpc) is 3.46. The molecule has 0 atom stereocenters. The zero-order chi connectivity index (χ0) is 16.0. The van der Waals surface area contributed by atoms with Gasteiger partial charge in [-0.25, -0.2) is 0 Å². The van der Waals surface area contributed by atoms with Crippen molar-refractivity contribution in [3.63, 3.8) is 0 Å². The highest BCUT2D eigenvalue weighted by atomic mass is 32.2. The summed E-state index contributed by atoms with van der Waals surface area (Å²) >= 11 is 1.75. The van der Waals surface area contributed by atoms with E-state index in [0.29, 0.717) is 12.0 Å². The summed E-state index contributed by atoms with van der Waals surface area (Å²) < 4.78 is 7.89. The number of ether oxygens (including phenoxy) is 1. The lowest BCUT2D eigenvalue weighted by molar-refractivity contribution is 0.407. The number of pyridine rings is 1. The Morgan fingerprint density at radius 3 is 2.65 bits per heavy atom. The fourth-order valence-electron chi connectivity index (χ4n) is 3.03. The fourth-order valence-corrected chi connectivity index (χ4v) is 4.07. The maximum absolute atomic E-state index is 5.50. The molecule has 0 spiro atoms. The van der Waals surface area contributed by atoms with E-state index in [1.165, 1.54) is 31.5 Å². The molecule has 0 saturated heterocycles. The number of rotatable bonds is 6. The quantitative estimate of drug-likeness (QED) is 0.754. The topological polar surface area (TPSA) is 52.8 Å². The number of hydrogen-bond acceptors (Lipinski definition) is 5. The van der Waals surface area contributed by atoms with Crippen molar-refractivity contribution in [3.8, 4) is 5.75 Å². The van der Waals surface area contributed by atoms with E-state index in [1.54, 1.807) is 18.9 Å². The Morgan fingerprint density at radius 1 is 1.22 bits per heavy atom. The number of methoxy groups -OCH3 is 1. The molecule has 2 aliphatic rings. The van der Waals surface area contributed by atoms with E-state index < -0.39 is 0 Å². The summed E-state index contributed by atoms with van der Waals surface area (Å²) in [5, 5.41) is 9.98. The van der Waals surface area contributed by atoms with Gasteiger partial charge >= 0.3 is 0 Å². The van der Waals surface area contributed by atoms with Gasteiger partial charge in [0, 0.05) is 35.0 Å². The molecule has 0 aromatic carbocycles. The largest absolute Gasteiger partial charge is 0.496 e. The molecule has 2 saturated carbocycles. The second-order valence-corrected chi connectivity index (χ2v) is 7.49. The molecule has 5 nitrogen and oxygen atoms in total. The van der Waals surface area contributed by atoms with Crippen molar-refractivity contribution in [2.45, 2.75) is 62.4 Å². The molecule has 2 fully saturated rings. The molecular formula is C17H22N4OS. The second kappa shape index (κ2) is 5.82. The van der Waals surface area contributed by atoms with Gasteiger partial charge in [-0.2, -0.15) is 0 Å². The first-order valence-corrected chi connectivity index (χ1v) is 9.24. The Kier molecular flexibility index (Phi) is 3.79. The van der Waals surface area contributed by atoms with Gasteiger partial charge in [0.15, 0.2) is 5.16 Å². The van der Waals surface area contributed by atoms with E-state index >= 15 is 0 Å². The highest BCUT2D eigenvalue weighted by Crippen LogP contribution is 2.46. The van der Waals surface area contributed by atoms with Crippen molar-refractivity contribution in [1.82, 2.24) is 19.7 Å². The average molecular weight is 330 g/mol. The Morgan fingerprint density at radius 2 is 2.00 bits per heavy atom. The van der Waals surface area contributed by atoms with Crippen molar-refractivity contribution >= 4 is 11.8 Å². The van der Waals surface area contributed by atoms with E-state index in [1.807, 2.05) is 13.1 Å². The van der Waals surface area contributed by atoms with Gasteiger partial charge in [-0.3, -0.25) is 4.98 Å². The summed E-state index contributed by atoms with van der Waals surface area (Å²) in [5.74, 6) is 3.61. The molecule has 6 heteroatoms. The van der Waals surface area contributed by atoms with Crippen LogP contribution in [-0.2, 0) is 5.75 Å². The SMILES string of the molecule is COc1c(C)cnc(CSc2nnc(C3CC3)n2C2CC2)c1C. The summed E-state index contributed by atoms with van der Waals surface area (Å²) in [6.45, 7) is 4.11. The molecule has 2 aromatic heterocycles. The molecule has 0 amide bonds. The molecule has 122 valence electrons. The third-order valence-corrected chi connectivity index (χ3v) is 5.59. The van der Waals surface area contributed by atoms with E-state index in [0.717, 1.165) is 33.5 Å². The van der Waals surface area contributed by atoms with E-state index in [4.69, 9.17) is 4.74 Å². The third-order valence-electron chi connectivity index (χ3n) is 4.63. The predicted octanol–water partition coefficient (Wildman–Crippen LogP) is 3.80. The number of nitrogens with zero attached hydrogens (tertiary/aromatic N) is 4. The summed E-state index contributed by atoms with van der Waals surface area (Å²) in [4.78, 5) is 4.59. The summed E-state index contributed by atoms with van der Waals surface area (Å²) in [5.41, 5.74) is 3.27. The molecule has 2 aliphatic carbocycles. The van der Waals surface area contributed by atoms with Crippen LogP contribution in [0, 0.1) is 13.8 Å². The third kappa shape index (κ3) is 2.84. The number of thioether (sulfide) groups is 1. The summed E-state index contributed by atoms with van der Waals surface area (Å²) in [7, 11) is 1.72. The van der Waals surface area contributed by atoms with Crippen LogP contribution in [0.1, 0.15) is 60.3 Å². The van der Waals surface area contributed by atoms with Gasteiger partial charge in [0.25, 0.3) is 0 Å². The molecule has 0 radical (unpaired) electrons. The lowest BCUT2D eigenvalue weighted by atomic mass is 10.1. The second-order valence-electron chi connectivity index (χ2n) is 6.55. The summed E-state index contributed by atoms with van der Waals surface area (Å²) in [6.07, 6.45) is 6.96. The molecular weight excluding hydrogens is 308 g/mol. The Balaban J connectivity index is 1.56. The number of aromatic nitrogens is 4. The Bertz CT molecular complexity index is 734. The highest BCUT2D eigenvalue weighted by molar-refractivity contribution is 7.98. The van der Waals surface area contributed by atoms with Crippen LogP contribution in [0.15, 0.2) is 11.4 Å². The molecule has 4 rings (SSSR count). The van der Waals surface area contributed by atoms with Gasteiger partial charge in [0.05, 0.1) is 12.8 Å². The van der Waals surface area contributed by atoms with Crippen molar-refractivity contribution in [1.29, 1.82) is 0 Å². The highest BCUT2D eigenvalue weighted by Gasteiger charge is 2.36. The first-order valence-electron chi connectivity index (χ1n) is 8.25. The van der Waals surface area contributed by atoms with Crippen molar-refractivity contribution in [2.75, 3.05) is 7.11 Å². The van der Waals surface area contributed by atoms with Crippen molar-refractivity contribution in [3.05, 3.63) is 28.8 Å². The molecule has 0 N–H and O–H groups in total. The lowest BCUT2D eigenvalue weighted by Crippen LogP contribution is -2.03. The van der Waals surface area contributed by atoms with Crippen LogP contribution in [0.25, 0.3) is 0 Å². The normalized spacial score (nSPS) is 17.5. The molecule has 0 aliphatic heterocycles. The van der Waals surface area contributed by atoms with Gasteiger partial charge in [0.1, 0.15) is 11.6 Å². The monoisotopic (exact) mass is 330 g/mol. The lowest BCUT2D eigenvalue weighted by Gasteiger charge is -2.12. The Hall–Kier alpha value is -1.56. The molecule has 2 aromatic rings. The molecule has 0 unspecified atom stereocenters. The minimum atomic E-state index is 0.629. The molecule has 0 bridgehead atoms. The van der Waals surface area contributed by atoms with E-state index in [9.17, 15) is 0 Å². The van der Waals surface area contributed by atoms with Crippen LogP contribution < -0.4 is 4.74 Å². The smallest absolute Gasteiger partial charge is 0.191 e. The van der Waals surface area contributed by atoms with Crippen LogP contribution in [0.4, 0.5) is 0 Å². The van der Waals surface area contributed by atoms with Crippen LogP contribution in [0.2, 0.25) is 0 Å². The first-order chi connectivity index (χ1) is 11.2. The standard InChI is InChI=1S/C17H22N4OS/c1-10-8-18-14(11(2)15(10)22-3)9-23-17-20-19-16(12-4-5-12)21(17)13-6-7-13/h8,12-13H,4-7,9H2,1-3H3. The van der Waals surface area contributed by atoms with Gasteiger partial charge < -0.3 is 9.30 Å². The molecule has 23 heavy (non-hydrogen) atoms. The van der Waals surface area contributed by atoms with Crippen LogP contribution in [-0.4, -0.2) is 26.9 Å². The number of hydrogen-bond donors (Lipinski definition) is 0. The zero-order valence-corrected chi connectivity index (χ0v) is 14.7. The predicted molar refractivity (Wildman–Crippen MR) is 90.1 cm³/mol. The maximum Gasteiger partial charge on any atom is 0.191 e. The van der Waals surface area contributed by atoms with Gasteiger partial charge in [0.2, 0.25) is 0 Å². The van der Waals surface area contributed by atoms with Gasteiger partial charge in [-0.15, -0.1) is 10.2 Å². The van der Waals surface area contributed by atoms with Crippen molar-refractivity contribution < 1.29 is 4.74 Å². The zero-order valence-electron chi connectivity index (χ0n) is 13.9. The van der Waals surface area contributed by atoms with Crippen molar-refractivity contribution in [2.24, 2.45) is 0 Å². The molecule has 2 heterocycles. The number of aryl methyl sites for hydroxylation is 1. The van der Waals surface area contributed by atoms with E-state index in [-0.39, 0.29) is 0 Å². The first kappa shape index (κ1) is 15.0. The minimum absolute atomic E-state index is 0.629. The van der Waals surface area contributed by atoms with Crippen LogP contribution in [0.5, 0.6) is 5.75 Å². The Labute approximate surface area is 140 Å².